The third-order valence-electron chi connectivity index (χ3n) is 5.19. The molecule has 4 rings (SSSR count). The maximum atomic E-state index is 13.6. The summed E-state index contributed by atoms with van der Waals surface area (Å²) in [5.41, 5.74) is 1.07. The molecule has 8 nitrogen and oxygen atoms in total. The number of methoxy groups -OCH3 is 2. The van der Waals surface area contributed by atoms with E-state index in [1.807, 2.05) is 0 Å². The van der Waals surface area contributed by atoms with Crippen molar-refractivity contribution in [1.82, 2.24) is 4.57 Å². The van der Waals surface area contributed by atoms with Crippen molar-refractivity contribution in [1.29, 1.82) is 0 Å². The average Bonchev–Trinajstić information content (AvgIpc) is 3.29. The first-order valence-corrected chi connectivity index (χ1v) is 12.8. The van der Waals surface area contributed by atoms with Gasteiger partial charge in [-0.1, -0.05) is 11.3 Å². The van der Waals surface area contributed by atoms with Crippen LogP contribution in [0, 0.1) is 3.77 Å². The minimum Gasteiger partial charge on any atom is -0.497 e. The molecule has 0 N–H and O–H groups in total. The first-order chi connectivity index (χ1) is 16.3. The van der Waals surface area contributed by atoms with E-state index in [0.29, 0.717) is 41.6 Å². The van der Waals surface area contributed by atoms with Gasteiger partial charge in [0.25, 0.3) is 5.56 Å². The number of carbonyl (C=O) groups excluding carboxylic acids is 1. The highest BCUT2D eigenvalue weighted by Crippen LogP contribution is 2.37. The molecule has 1 aliphatic heterocycles. The van der Waals surface area contributed by atoms with E-state index in [1.54, 1.807) is 51.3 Å². The zero-order chi connectivity index (χ0) is 24.6. The van der Waals surface area contributed by atoms with Gasteiger partial charge in [-0.25, -0.2) is 9.79 Å². The van der Waals surface area contributed by atoms with E-state index in [4.69, 9.17) is 18.6 Å². The molecule has 0 amide bonds. The molecule has 34 heavy (non-hydrogen) atoms. The fraction of sp³-hybridized carbons (Fsp3) is 0.261. The molecule has 2 aromatic heterocycles. The molecule has 0 bridgehead atoms. The number of esters is 1. The monoisotopic (exact) mass is 658 g/mol. The summed E-state index contributed by atoms with van der Waals surface area (Å²) in [4.78, 5) is 31.7. The fourth-order valence-corrected chi connectivity index (χ4v) is 5.44. The smallest absolute Gasteiger partial charge is 0.338 e. The standard InChI is InChI=1S/C23H20BrIN2O6S/c1-5-32-22(29)18-11(2)26-23-27(19(18)14-7-6-12(30-3)9-16(14)31-4)21(28)17(34-23)10-13-8-15(24)20(25)33-13/h6-10,19H,5H2,1-4H3/b17-10+/t19-/m0/s1. The van der Waals surface area contributed by atoms with Crippen LogP contribution < -0.4 is 24.4 Å². The maximum Gasteiger partial charge on any atom is 0.338 e. The Morgan fingerprint density at radius 3 is 2.71 bits per heavy atom. The minimum absolute atomic E-state index is 0.193. The van der Waals surface area contributed by atoms with Gasteiger partial charge in [0.15, 0.2) is 8.57 Å². The second-order valence-electron chi connectivity index (χ2n) is 7.18. The van der Waals surface area contributed by atoms with Gasteiger partial charge in [-0.05, 0) is 48.0 Å². The SMILES string of the molecule is CCOC(=O)C1=C(C)N=c2s/c(=C/c3cc(Br)c(I)o3)c(=O)n2[C@H]1c1ccc(OC)cc1OC. The van der Waals surface area contributed by atoms with Crippen LogP contribution in [-0.4, -0.2) is 31.4 Å². The van der Waals surface area contributed by atoms with Gasteiger partial charge in [-0.15, -0.1) is 0 Å². The van der Waals surface area contributed by atoms with Crippen LogP contribution in [0.15, 0.2) is 54.2 Å². The van der Waals surface area contributed by atoms with Crippen molar-refractivity contribution in [3.63, 3.8) is 0 Å². The van der Waals surface area contributed by atoms with Gasteiger partial charge in [0.1, 0.15) is 23.3 Å². The van der Waals surface area contributed by atoms with E-state index < -0.39 is 12.0 Å². The Balaban J connectivity index is 2.00. The molecule has 3 heterocycles. The van der Waals surface area contributed by atoms with Crippen LogP contribution in [0.4, 0.5) is 0 Å². The summed E-state index contributed by atoms with van der Waals surface area (Å²) >= 11 is 6.70. The molecule has 178 valence electrons. The molecule has 0 saturated carbocycles. The Labute approximate surface area is 220 Å². The number of hydrogen-bond acceptors (Lipinski definition) is 8. The quantitative estimate of drug-likeness (QED) is 0.296. The van der Waals surface area contributed by atoms with Gasteiger partial charge in [0.2, 0.25) is 0 Å². The summed E-state index contributed by atoms with van der Waals surface area (Å²) in [5.74, 6) is 1.05. The number of benzene rings is 1. The maximum absolute atomic E-state index is 13.6. The third-order valence-corrected chi connectivity index (χ3v) is 8.30. The van der Waals surface area contributed by atoms with Crippen LogP contribution in [0.5, 0.6) is 11.5 Å². The van der Waals surface area contributed by atoms with E-state index in [9.17, 15) is 9.59 Å². The first kappa shape index (κ1) is 24.7. The summed E-state index contributed by atoms with van der Waals surface area (Å²) in [5, 5.41) is 0. The van der Waals surface area contributed by atoms with Crippen LogP contribution in [0.25, 0.3) is 6.08 Å². The van der Waals surface area contributed by atoms with Crippen LogP contribution in [0.1, 0.15) is 31.2 Å². The van der Waals surface area contributed by atoms with Crippen molar-refractivity contribution in [2.45, 2.75) is 19.9 Å². The second-order valence-corrected chi connectivity index (χ2v) is 10.0. The Bertz CT molecular complexity index is 1470. The number of ether oxygens (including phenoxy) is 3. The average molecular weight is 659 g/mol. The van der Waals surface area contributed by atoms with Crippen LogP contribution >= 0.6 is 49.9 Å². The van der Waals surface area contributed by atoms with Gasteiger partial charge in [-0.3, -0.25) is 9.36 Å². The highest BCUT2D eigenvalue weighted by Gasteiger charge is 2.35. The van der Waals surface area contributed by atoms with Crippen LogP contribution in [-0.2, 0) is 9.53 Å². The van der Waals surface area contributed by atoms with Crippen molar-refractivity contribution in [3.05, 3.63) is 74.8 Å². The lowest BCUT2D eigenvalue weighted by atomic mass is 9.95. The lowest BCUT2D eigenvalue weighted by Crippen LogP contribution is -2.40. The van der Waals surface area contributed by atoms with Gasteiger partial charge in [0.05, 0.1) is 41.1 Å². The number of furan rings is 1. The van der Waals surface area contributed by atoms with Crippen LogP contribution in [0.2, 0.25) is 0 Å². The topological polar surface area (TPSA) is 92.3 Å². The normalized spacial score (nSPS) is 15.7. The van der Waals surface area contributed by atoms with Crippen molar-refractivity contribution in [2.75, 3.05) is 20.8 Å². The molecule has 0 radical (unpaired) electrons. The number of hydrogen-bond donors (Lipinski definition) is 0. The van der Waals surface area contributed by atoms with Gasteiger partial charge in [0, 0.05) is 40.3 Å². The third kappa shape index (κ3) is 4.48. The molecule has 0 fully saturated rings. The van der Waals surface area contributed by atoms with Crippen molar-refractivity contribution < 1.29 is 23.4 Å². The number of nitrogens with zero attached hydrogens (tertiary/aromatic N) is 2. The zero-order valence-corrected chi connectivity index (χ0v) is 23.2. The Morgan fingerprint density at radius 2 is 2.09 bits per heavy atom. The second kappa shape index (κ2) is 10.1. The van der Waals surface area contributed by atoms with Crippen molar-refractivity contribution >= 4 is 61.9 Å². The number of aromatic nitrogens is 1. The predicted octanol–water partition coefficient (Wildman–Crippen LogP) is 3.78. The van der Waals surface area contributed by atoms with E-state index in [0.717, 1.165) is 4.47 Å². The number of carbonyl (C=O) groups is 1. The molecule has 0 spiro atoms. The summed E-state index contributed by atoms with van der Waals surface area (Å²) < 4.78 is 25.4. The molecule has 1 aromatic carbocycles. The van der Waals surface area contributed by atoms with E-state index in [2.05, 4.69) is 43.5 Å². The molecule has 0 unspecified atom stereocenters. The van der Waals surface area contributed by atoms with E-state index in [-0.39, 0.29) is 17.7 Å². The fourth-order valence-electron chi connectivity index (χ4n) is 3.69. The molecular weight excluding hydrogens is 639 g/mol. The van der Waals surface area contributed by atoms with Gasteiger partial charge < -0.3 is 18.6 Å². The molecule has 1 atom stereocenters. The number of allylic oxidation sites excluding steroid dienone is 1. The number of halogens is 2. The predicted molar refractivity (Wildman–Crippen MR) is 139 cm³/mol. The summed E-state index contributed by atoms with van der Waals surface area (Å²) in [6, 6.07) is 6.25. The van der Waals surface area contributed by atoms with Gasteiger partial charge in [-0.2, -0.15) is 0 Å². The summed E-state index contributed by atoms with van der Waals surface area (Å²) in [7, 11) is 3.08. The molecule has 0 aliphatic carbocycles. The van der Waals surface area contributed by atoms with E-state index in [1.165, 1.54) is 23.0 Å². The molecule has 0 saturated heterocycles. The highest BCUT2D eigenvalue weighted by molar-refractivity contribution is 14.1. The Morgan fingerprint density at radius 1 is 1.32 bits per heavy atom. The molecule has 11 heteroatoms. The minimum atomic E-state index is -0.790. The van der Waals surface area contributed by atoms with Crippen LogP contribution in [0.3, 0.4) is 0 Å². The molecule has 3 aromatic rings. The molecular formula is C23H20BrIN2O6S. The Hall–Kier alpha value is -2.38. The number of thiazole rings is 1. The lowest BCUT2D eigenvalue weighted by Gasteiger charge is -2.26. The van der Waals surface area contributed by atoms with Gasteiger partial charge >= 0.3 is 5.97 Å². The lowest BCUT2D eigenvalue weighted by molar-refractivity contribution is -0.139. The summed E-state index contributed by atoms with van der Waals surface area (Å²) in [6.45, 7) is 3.66. The number of rotatable bonds is 6. The number of fused-ring (bicyclic) bond motifs is 1. The van der Waals surface area contributed by atoms with Crippen molar-refractivity contribution in [2.24, 2.45) is 4.99 Å². The zero-order valence-electron chi connectivity index (χ0n) is 18.7. The largest absolute Gasteiger partial charge is 0.497 e. The first-order valence-electron chi connectivity index (χ1n) is 10.2. The molecule has 1 aliphatic rings. The Kier molecular flexibility index (Phi) is 7.33. The van der Waals surface area contributed by atoms with Crippen molar-refractivity contribution in [3.8, 4) is 11.5 Å². The van der Waals surface area contributed by atoms with E-state index >= 15 is 0 Å². The highest BCUT2D eigenvalue weighted by atomic mass is 127. The summed E-state index contributed by atoms with van der Waals surface area (Å²) in [6.07, 6.45) is 1.67.